The minimum atomic E-state index is -0.554. The number of benzene rings is 3. The zero-order chi connectivity index (χ0) is 19.0. The van der Waals surface area contributed by atoms with E-state index in [1.165, 1.54) is 17.0 Å². The number of nitrogens with zero attached hydrogens (tertiary/aromatic N) is 1. The van der Waals surface area contributed by atoms with E-state index in [4.69, 9.17) is 0 Å². The molecular formula is C22H15BrFNO2. The smallest absolute Gasteiger partial charge is 0.294 e. The normalized spacial score (nSPS) is 16.9. The Bertz CT molecular complexity index is 1010. The van der Waals surface area contributed by atoms with E-state index in [1.54, 1.807) is 24.3 Å². The van der Waals surface area contributed by atoms with Crippen LogP contribution in [0.2, 0.25) is 0 Å². The number of halogens is 2. The van der Waals surface area contributed by atoms with Gasteiger partial charge in [-0.05, 0) is 47.5 Å². The van der Waals surface area contributed by atoms with Gasteiger partial charge in [-0.3, -0.25) is 9.69 Å². The molecule has 0 spiro atoms. The monoisotopic (exact) mass is 423 g/mol. The minimum absolute atomic E-state index is 0.293. The third-order valence-electron chi connectivity index (χ3n) is 4.58. The zero-order valence-electron chi connectivity index (χ0n) is 14.1. The molecule has 3 nitrogen and oxygen atoms in total. The summed E-state index contributed by atoms with van der Waals surface area (Å²) in [5.74, 6) is -1.13. The molecule has 1 aliphatic heterocycles. The van der Waals surface area contributed by atoms with Crippen LogP contribution in [0.1, 0.15) is 17.2 Å². The molecule has 1 N–H and O–H groups in total. The van der Waals surface area contributed by atoms with E-state index in [1.807, 2.05) is 42.5 Å². The predicted molar refractivity (Wildman–Crippen MR) is 107 cm³/mol. The Kier molecular flexibility index (Phi) is 4.54. The lowest BCUT2D eigenvalue weighted by molar-refractivity contribution is -0.117. The lowest BCUT2D eigenvalue weighted by Gasteiger charge is -2.27. The Balaban J connectivity index is 1.90. The fourth-order valence-corrected chi connectivity index (χ4v) is 3.61. The van der Waals surface area contributed by atoms with Crippen LogP contribution in [0.15, 0.2) is 89.1 Å². The Morgan fingerprint density at radius 1 is 0.889 bits per heavy atom. The van der Waals surface area contributed by atoms with Crippen molar-refractivity contribution in [3.63, 3.8) is 0 Å². The Labute approximate surface area is 164 Å². The summed E-state index contributed by atoms with van der Waals surface area (Å²) in [6.45, 7) is 0. The van der Waals surface area contributed by atoms with Gasteiger partial charge in [0.2, 0.25) is 0 Å². The van der Waals surface area contributed by atoms with Crippen molar-refractivity contribution in [2.75, 3.05) is 4.90 Å². The number of aliphatic hydroxyl groups excluding tert-OH is 1. The van der Waals surface area contributed by atoms with Crippen LogP contribution >= 0.6 is 15.9 Å². The Morgan fingerprint density at radius 2 is 1.52 bits per heavy atom. The quantitative estimate of drug-likeness (QED) is 0.591. The summed E-state index contributed by atoms with van der Waals surface area (Å²) in [5, 5.41) is 10.7. The number of amides is 1. The van der Waals surface area contributed by atoms with E-state index >= 15 is 0 Å². The van der Waals surface area contributed by atoms with Gasteiger partial charge >= 0.3 is 0 Å². The number of carbonyl (C=O) groups excluding carboxylic acids is 1. The highest BCUT2D eigenvalue weighted by Crippen LogP contribution is 2.45. The van der Waals surface area contributed by atoms with Crippen molar-refractivity contribution >= 4 is 33.1 Å². The molecule has 1 atom stereocenters. The van der Waals surface area contributed by atoms with Gasteiger partial charge in [-0.1, -0.05) is 58.4 Å². The molecule has 1 heterocycles. The molecule has 27 heavy (non-hydrogen) atoms. The van der Waals surface area contributed by atoms with Gasteiger partial charge < -0.3 is 5.11 Å². The molecule has 134 valence electrons. The standard InChI is InChI=1S/C22H15BrFNO2/c23-16-8-12-18(13-9-16)25-20(15-6-10-17(24)11-7-15)19(21(26)22(25)27)14-4-2-1-3-5-14/h1-13,20,26H. The van der Waals surface area contributed by atoms with Gasteiger partial charge in [0.1, 0.15) is 5.82 Å². The first-order valence-electron chi connectivity index (χ1n) is 8.39. The van der Waals surface area contributed by atoms with Gasteiger partial charge in [-0.2, -0.15) is 0 Å². The summed E-state index contributed by atoms with van der Waals surface area (Å²) in [4.78, 5) is 14.5. The van der Waals surface area contributed by atoms with Gasteiger partial charge in [0, 0.05) is 15.7 Å². The molecule has 3 aromatic carbocycles. The van der Waals surface area contributed by atoms with E-state index in [0.29, 0.717) is 11.3 Å². The second kappa shape index (κ2) is 7.00. The maximum atomic E-state index is 13.5. The molecule has 0 saturated heterocycles. The molecule has 0 aromatic heterocycles. The lowest BCUT2D eigenvalue weighted by Crippen LogP contribution is -2.30. The van der Waals surface area contributed by atoms with Gasteiger partial charge in [0.05, 0.1) is 6.04 Å². The number of aliphatic hydroxyl groups is 1. The van der Waals surface area contributed by atoms with Crippen LogP contribution in [0.4, 0.5) is 10.1 Å². The van der Waals surface area contributed by atoms with Crippen LogP contribution < -0.4 is 4.90 Å². The van der Waals surface area contributed by atoms with Crippen LogP contribution in [-0.4, -0.2) is 11.0 Å². The maximum absolute atomic E-state index is 13.5. The van der Waals surface area contributed by atoms with E-state index < -0.39 is 11.9 Å². The van der Waals surface area contributed by atoms with Crippen molar-refractivity contribution < 1.29 is 14.3 Å². The summed E-state index contributed by atoms with van der Waals surface area (Å²) in [7, 11) is 0. The van der Waals surface area contributed by atoms with Crippen LogP contribution in [-0.2, 0) is 4.79 Å². The van der Waals surface area contributed by atoms with E-state index in [-0.39, 0.29) is 11.6 Å². The predicted octanol–water partition coefficient (Wildman–Crippen LogP) is 5.65. The number of anilines is 1. The summed E-state index contributed by atoms with van der Waals surface area (Å²) >= 11 is 3.39. The van der Waals surface area contributed by atoms with Crippen LogP contribution in [0.3, 0.4) is 0 Å². The van der Waals surface area contributed by atoms with Crippen molar-refractivity contribution in [3.8, 4) is 0 Å². The summed E-state index contributed by atoms with van der Waals surface area (Å²) in [5.41, 5.74) is 2.62. The van der Waals surface area contributed by atoms with Gasteiger partial charge in [0.15, 0.2) is 5.76 Å². The summed E-state index contributed by atoms with van der Waals surface area (Å²) in [6, 6.07) is 22.0. The van der Waals surface area contributed by atoms with Gasteiger partial charge in [-0.25, -0.2) is 4.39 Å². The SMILES string of the molecule is O=C1C(O)=C(c2ccccc2)C(c2ccc(F)cc2)N1c1ccc(Br)cc1. The van der Waals surface area contributed by atoms with Crippen molar-refractivity contribution in [1.29, 1.82) is 0 Å². The first-order valence-corrected chi connectivity index (χ1v) is 9.18. The Hall–Kier alpha value is -2.92. The number of rotatable bonds is 3. The molecule has 0 aliphatic carbocycles. The Morgan fingerprint density at radius 3 is 2.15 bits per heavy atom. The second-order valence-electron chi connectivity index (χ2n) is 6.23. The van der Waals surface area contributed by atoms with Crippen LogP contribution in [0, 0.1) is 5.82 Å². The van der Waals surface area contributed by atoms with E-state index in [0.717, 1.165) is 15.6 Å². The van der Waals surface area contributed by atoms with E-state index in [2.05, 4.69) is 15.9 Å². The molecule has 0 saturated carbocycles. The van der Waals surface area contributed by atoms with Crippen LogP contribution in [0.25, 0.3) is 5.57 Å². The largest absolute Gasteiger partial charge is 0.503 e. The number of hydrogen-bond donors (Lipinski definition) is 1. The molecule has 5 heteroatoms. The maximum Gasteiger partial charge on any atom is 0.294 e. The lowest BCUT2D eigenvalue weighted by atomic mass is 9.93. The van der Waals surface area contributed by atoms with Gasteiger partial charge in [0.25, 0.3) is 5.91 Å². The molecular weight excluding hydrogens is 409 g/mol. The van der Waals surface area contributed by atoms with Crippen molar-refractivity contribution in [1.82, 2.24) is 0 Å². The first-order chi connectivity index (χ1) is 13.1. The number of carbonyl (C=O) groups is 1. The fraction of sp³-hybridized carbons (Fsp3) is 0.0455. The molecule has 0 fully saturated rings. The molecule has 1 aliphatic rings. The third-order valence-corrected chi connectivity index (χ3v) is 5.11. The topological polar surface area (TPSA) is 40.5 Å². The average Bonchev–Trinajstić information content (AvgIpc) is 2.95. The summed E-state index contributed by atoms with van der Waals surface area (Å²) < 4.78 is 14.4. The third kappa shape index (κ3) is 3.15. The molecule has 1 amide bonds. The fourth-order valence-electron chi connectivity index (χ4n) is 3.35. The summed E-state index contributed by atoms with van der Waals surface area (Å²) in [6.07, 6.45) is 0. The zero-order valence-corrected chi connectivity index (χ0v) is 15.7. The highest BCUT2D eigenvalue weighted by molar-refractivity contribution is 9.10. The number of hydrogen-bond acceptors (Lipinski definition) is 2. The minimum Gasteiger partial charge on any atom is -0.503 e. The van der Waals surface area contributed by atoms with Crippen molar-refractivity contribution in [3.05, 3.63) is 106 Å². The van der Waals surface area contributed by atoms with E-state index in [9.17, 15) is 14.3 Å². The first kappa shape index (κ1) is 17.5. The highest BCUT2D eigenvalue weighted by Gasteiger charge is 2.41. The van der Waals surface area contributed by atoms with Crippen molar-refractivity contribution in [2.24, 2.45) is 0 Å². The van der Waals surface area contributed by atoms with Crippen LogP contribution in [0.5, 0.6) is 0 Å². The highest BCUT2D eigenvalue weighted by atomic mass is 79.9. The molecule has 0 radical (unpaired) electrons. The molecule has 1 unspecified atom stereocenters. The molecule has 0 bridgehead atoms. The second-order valence-corrected chi connectivity index (χ2v) is 7.15. The molecule has 4 rings (SSSR count). The van der Waals surface area contributed by atoms with Crippen molar-refractivity contribution in [2.45, 2.75) is 6.04 Å². The molecule has 3 aromatic rings. The average molecular weight is 424 g/mol. The van der Waals surface area contributed by atoms with Gasteiger partial charge in [-0.15, -0.1) is 0 Å².